The maximum absolute atomic E-state index is 12.7. The molecule has 156 valence electrons. The number of hydrogen-bond donors (Lipinski definition) is 1. The van der Waals surface area contributed by atoms with E-state index < -0.39 is 6.04 Å². The summed E-state index contributed by atoms with van der Waals surface area (Å²) in [5.74, 6) is 0.744. The van der Waals surface area contributed by atoms with Gasteiger partial charge >= 0.3 is 0 Å². The number of carbonyl (C=O) groups excluding carboxylic acids is 2. The number of nitrogens with zero attached hydrogens (tertiary/aromatic N) is 3. The predicted molar refractivity (Wildman–Crippen MR) is 108 cm³/mol. The van der Waals surface area contributed by atoms with Gasteiger partial charge in [0.2, 0.25) is 11.8 Å². The van der Waals surface area contributed by atoms with Gasteiger partial charge in [0.25, 0.3) is 0 Å². The summed E-state index contributed by atoms with van der Waals surface area (Å²) in [4.78, 5) is 26.9. The zero-order valence-electron chi connectivity index (χ0n) is 17.1. The van der Waals surface area contributed by atoms with E-state index in [-0.39, 0.29) is 24.8 Å². The van der Waals surface area contributed by atoms with Gasteiger partial charge in [0.05, 0.1) is 18.7 Å². The van der Waals surface area contributed by atoms with Gasteiger partial charge < -0.3 is 19.3 Å². The molecular formula is C22H24N4O4. The highest BCUT2D eigenvalue weighted by atomic mass is 16.5. The predicted octanol–water partition coefficient (Wildman–Crippen LogP) is 2.80. The second-order valence-corrected chi connectivity index (χ2v) is 7.62. The molecule has 0 radical (unpaired) electrons. The minimum atomic E-state index is -0.485. The quantitative estimate of drug-likeness (QED) is 0.673. The van der Waals surface area contributed by atoms with E-state index in [1.165, 1.54) is 5.56 Å². The molecule has 8 nitrogen and oxygen atoms in total. The molecule has 0 unspecified atom stereocenters. The number of likely N-dealkylation sites (tertiary alicyclic amines) is 1. The van der Waals surface area contributed by atoms with Crippen molar-refractivity contribution in [2.24, 2.45) is 0 Å². The normalized spacial score (nSPS) is 16.1. The van der Waals surface area contributed by atoms with Crippen LogP contribution in [0.4, 0.5) is 0 Å². The Labute approximate surface area is 174 Å². The van der Waals surface area contributed by atoms with Gasteiger partial charge in [0, 0.05) is 24.2 Å². The number of nitrogens with one attached hydrogen (secondary N) is 1. The van der Waals surface area contributed by atoms with Crippen molar-refractivity contribution in [2.75, 3.05) is 6.54 Å². The summed E-state index contributed by atoms with van der Waals surface area (Å²) >= 11 is 0. The van der Waals surface area contributed by atoms with E-state index in [2.05, 4.69) is 15.6 Å². The Morgan fingerprint density at radius 2 is 1.87 bits per heavy atom. The zero-order valence-corrected chi connectivity index (χ0v) is 17.1. The van der Waals surface area contributed by atoms with Crippen LogP contribution in [0.25, 0.3) is 11.3 Å². The van der Waals surface area contributed by atoms with Gasteiger partial charge in [-0.2, -0.15) is 0 Å². The highest BCUT2D eigenvalue weighted by Gasteiger charge is 2.34. The summed E-state index contributed by atoms with van der Waals surface area (Å²) in [5, 5.41) is 10.7. The number of carbonyl (C=O) groups is 2. The number of rotatable bonds is 6. The number of hydrogen-bond acceptors (Lipinski definition) is 6. The average molecular weight is 408 g/mol. The number of amides is 2. The van der Waals surface area contributed by atoms with Crippen LogP contribution in [-0.4, -0.2) is 39.6 Å². The van der Waals surface area contributed by atoms with Gasteiger partial charge in [-0.1, -0.05) is 40.1 Å². The number of aromatic nitrogens is 2. The second-order valence-electron chi connectivity index (χ2n) is 7.62. The Morgan fingerprint density at radius 1 is 1.10 bits per heavy atom. The number of benzene rings is 1. The molecule has 0 bridgehead atoms. The first-order valence-corrected chi connectivity index (χ1v) is 10.0. The maximum atomic E-state index is 12.7. The molecular weight excluding hydrogens is 384 g/mol. The van der Waals surface area contributed by atoms with Crippen LogP contribution in [0, 0.1) is 13.8 Å². The third kappa shape index (κ3) is 4.42. The molecule has 1 fully saturated rings. The van der Waals surface area contributed by atoms with Crippen molar-refractivity contribution in [2.45, 2.75) is 45.7 Å². The third-order valence-electron chi connectivity index (χ3n) is 5.22. The van der Waals surface area contributed by atoms with Crippen molar-refractivity contribution in [3.8, 4) is 11.3 Å². The first kappa shape index (κ1) is 19.9. The Bertz CT molecular complexity index is 1040. The van der Waals surface area contributed by atoms with Gasteiger partial charge in [-0.15, -0.1) is 0 Å². The van der Waals surface area contributed by atoms with Crippen LogP contribution in [0.1, 0.15) is 35.6 Å². The molecule has 1 aliphatic heterocycles. The lowest BCUT2D eigenvalue weighted by Gasteiger charge is -2.23. The first-order valence-electron chi connectivity index (χ1n) is 10.0. The minimum Gasteiger partial charge on any atom is -0.361 e. The lowest BCUT2D eigenvalue weighted by molar-refractivity contribution is -0.138. The molecule has 1 atom stereocenters. The lowest BCUT2D eigenvalue weighted by Crippen LogP contribution is -2.46. The van der Waals surface area contributed by atoms with Gasteiger partial charge in [-0.3, -0.25) is 9.59 Å². The molecule has 1 aromatic carbocycles. The van der Waals surface area contributed by atoms with Crippen LogP contribution in [0.2, 0.25) is 0 Å². The fraction of sp³-hybridized carbons (Fsp3) is 0.364. The number of aryl methyl sites for hydroxylation is 2. The van der Waals surface area contributed by atoms with Gasteiger partial charge in [0.1, 0.15) is 17.5 Å². The van der Waals surface area contributed by atoms with Gasteiger partial charge in [-0.05, 0) is 26.7 Å². The van der Waals surface area contributed by atoms with E-state index in [0.717, 1.165) is 23.4 Å². The fourth-order valence-corrected chi connectivity index (χ4v) is 3.64. The summed E-state index contributed by atoms with van der Waals surface area (Å²) in [7, 11) is 0. The molecule has 8 heteroatoms. The van der Waals surface area contributed by atoms with Crippen molar-refractivity contribution in [1.29, 1.82) is 0 Å². The Hall–Kier alpha value is -3.42. The fourth-order valence-electron chi connectivity index (χ4n) is 3.64. The molecule has 2 amide bonds. The van der Waals surface area contributed by atoms with Crippen molar-refractivity contribution >= 4 is 11.8 Å². The van der Waals surface area contributed by atoms with Crippen molar-refractivity contribution in [3.05, 3.63) is 59.2 Å². The molecule has 0 spiro atoms. The van der Waals surface area contributed by atoms with E-state index in [9.17, 15) is 9.59 Å². The molecule has 2 aromatic heterocycles. The van der Waals surface area contributed by atoms with E-state index in [4.69, 9.17) is 9.05 Å². The van der Waals surface area contributed by atoms with E-state index >= 15 is 0 Å². The summed E-state index contributed by atoms with van der Waals surface area (Å²) in [6, 6.07) is 11.0. The van der Waals surface area contributed by atoms with Crippen molar-refractivity contribution < 1.29 is 18.6 Å². The lowest BCUT2D eigenvalue weighted by atomic mass is 10.1. The summed E-state index contributed by atoms with van der Waals surface area (Å²) in [6.45, 7) is 4.61. The van der Waals surface area contributed by atoms with Crippen LogP contribution in [0.15, 0.2) is 45.4 Å². The minimum absolute atomic E-state index is 0.104. The Kier molecular flexibility index (Phi) is 5.65. The molecule has 3 aromatic rings. The summed E-state index contributed by atoms with van der Waals surface area (Å²) in [5.41, 5.74) is 3.57. The van der Waals surface area contributed by atoms with E-state index in [0.29, 0.717) is 24.5 Å². The highest BCUT2D eigenvalue weighted by Crippen LogP contribution is 2.21. The summed E-state index contributed by atoms with van der Waals surface area (Å²) in [6.07, 6.45) is 1.53. The smallest absolute Gasteiger partial charge is 0.243 e. The topological polar surface area (TPSA) is 101 Å². The van der Waals surface area contributed by atoms with Gasteiger partial charge in [0.15, 0.2) is 5.76 Å². The molecule has 1 saturated heterocycles. The van der Waals surface area contributed by atoms with Crippen LogP contribution in [0.3, 0.4) is 0 Å². The van der Waals surface area contributed by atoms with Crippen LogP contribution in [-0.2, 0) is 22.6 Å². The van der Waals surface area contributed by atoms with Gasteiger partial charge in [-0.25, -0.2) is 0 Å². The second kappa shape index (κ2) is 8.52. The molecule has 30 heavy (non-hydrogen) atoms. The van der Waals surface area contributed by atoms with Crippen molar-refractivity contribution in [3.63, 3.8) is 0 Å². The average Bonchev–Trinajstić information content (AvgIpc) is 3.47. The molecule has 1 aliphatic rings. The largest absolute Gasteiger partial charge is 0.361 e. The maximum Gasteiger partial charge on any atom is 0.243 e. The van der Waals surface area contributed by atoms with E-state index in [1.807, 2.05) is 37.3 Å². The SMILES string of the molecule is Cc1ccc(-c2cc(CNC(=O)[C@@H]3CCCN3C(=O)Cc3cc(C)no3)on2)cc1. The highest BCUT2D eigenvalue weighted by molar-refractivity contribution is 5.88. The van der Waals surface area contributed by atoms with Crippen LogP contribution < -0.4 is 5.32 Å². The molecule has 0 aliphatic carbocycles. The molecule has 1 N–H and O–H groups in total. The van der Waals surface area contributed by atoms with Crippen LogP contribution in [0.5, 0.6) is 0 Å². The monoisotopic (exact) mass is 408 g/mol. The third-order valence-corrected chi connectivity index (χ3v) is 5.22. The standard InChI is InChI=1S/C22H24N4O4/c1-14-5-7-16(8-6-14)19-11-18(30-25-19)13-23-22(28)20-4-3-9-26(20)21(27)12-17-10-15(2)24-29-17/h5-8,10-11,20H,3-4,9,12-13H2,1-2H3,(H,23,28)/t20-/m0/s1. The molecule has 4 rings (SSSR count). The molecule has 0 saturated carbocycles. The van der Waals surface area contributed by atoms with E-state index in [1.54, 1.807) is 17.9 Å². The van der Waals surface area contributed by atoms with Crippen molar-refractivity contribution in [1.82, 2.24) is 20.5 Å². The Morgan fingerprint density at radius 3 is 2.60 bits per heavy atom. The zero-order chi connectivity index (χ0) is 21.1. The summed E-state index contributed by atoms with van der Waals surface area (Å²) < 4.78 is 10.5. The Balaban J connectivity index is 1.34. The molecule has 3 heterocycles. The first-order chi connectivity index (χ1) is 14.5. The van der Waals surface area contributed by atoms with Crippen LogP contribution >= 0.6 is 0 Å².